The van der Waals surface area contributed by atoms with Gasteiger partial charge >= 0.3 is 0 Å². The average Bonchev–Trinajstić information content (AvgIpc) is 3.26. The molecule has 3 aromatic rings. The molecule has 1 unspecified atom stereocenters. The summed E-state index contributed by atoms with van der Waals surface area (Å²) < 4.78 is 7.39. The number of nitrogens with zero attached hydrogens (tertiary/aromatic N) is 5. The Morgan fingerprint density at radius 3 is 2.74 bits per heavy atom. The van der Waals surface area contributed by atoms with Crippen LogP contribution in [0.4, 0.5) is 5.82 Å². The third-order valence-corrected chi connectivity index (χ3v) is 7.00. The van der Waals surface area contributed by atoms with E-state index in [2.05, 4.69) is 38.6 Å². The first-order valence-corrected chi connectivity index (χ1v) is 11.5. The van der Waals surface area contributed by atoms with Crippen molar-refractivity contribution in [2.45, 2.75) is 31.7 Å². The van der Waals surface area contributed by atoms with Crippen molar-refractivity contribution >= 4 is 17.4 Å². The van der Waals surface area contributed by atoms with Crippen LogP contribution in [0.25, 0.3) is 5.65 Å². The summed E-state index contributed by atoms with van der Waals surface area (Å²) in [6.07, 6.45) is 10.5. The number of imidazole rings is 1. The van der Waals surface area contributed by atoms with E-state index in [1.54, 1.807) is 18.6 Å². The molecule has 1 amide bonds. The summed E-state index contributed by atoms with van der Waals surface area (Å²) in [4.78, 5) is 25.0. The number of fused-ring (bicyclic) bond motifs is 1. The van der Waals surface area contributed by atoms with Crippen LogP contribution in [0.15, 0.2) is 47.4 Å². The van der Waals surface area contributed by atoms with Crippen LogP contribution in [0, 0.1) is 5.92 Å². The van der Waals surface area contributed by atoms with Gasteiger partial charge in [-0.25, -0.2) is 4.98 Å². The lowest BCUT2D eigenvalue weighted by atomic mass is 10.1. The molecule has 0 spiro atoms. The molecule has 31 heavy (non-hydrogen) atoms. The topological polar surface area (TPSA) is 57.2 Å². The highest BCUT2D eigenvalue weighted by Crippen LogP contribution is 2.35. The van der Waals surface area contributed by atoms with Gasteiger partial charge in [-0.15, -0.1) is 0 Å². The Bertz CT molecular complexity index is 1070. The van der Waals surface area contributed by atoms with E-state index in [0.29, 0.717) is 12.1 Å². The predicted octanol–water partition coefficient (Wildman–Crippen LogP) is 3.44. The van der Waals surface area contributed by atoms with Crippen LogP contribution in [0.5, 0.6) is 0 Å². The molecule has 2 saturated heterocycles. The molecular weight excluding hydrogens is 390 g/mol. The Labute approximate surface area is 182 Å². The Balaban J connectivity index is 1.32. The van der Waals surface area contributed by atoms with Crippen molar-refractivity contribution in [1.82, 2.24) is 19.2 Å². The standard InChI is InChI=1S/C24H29N5O2/c30-24(19-8-13-31-17-19)28-12-11-27(14-18-6-7-18)21(16-28)20-15-29-22(25-20)4-3-5-23(29)26-9-1-2-10-26/h3-5,8,13,15,17-18,21H,1-2,6-7,9-12,14,16H2. The summed E-state index contributed by atoms with van der Waals surface area (Å²) in [5, 5.41) is 0. The Hall–Kier alpha value is -2.80. The maximum atomic E-state index is 13.0. The third-order valence-electron chi connectivity index (χ3n) is 7.00. The van der Waals surface area contributed by atoms with E-state index in [4.69, 9.17) is 9.40 Å². The van der Waals surface area contributed by atoms with Crippen molar-refractivity contribution < 1.29 is 9.21 Å². The van der Waals surface area contributed by atoms with Crippen molar-refractivity contribution in [3.05, 3.63) is 54.2 Å². The van der Waals surface area contributed by atoms with Crippen LogP contribution in [0.1, 0.15) is 47.8 Å². The Kier molecular flexibility index (Phi) is 4.71. The van der Waals surface area contributed by atoms with Crippen molar-refractivity contribution in [3.8, 4) is 0 Å². The summed E-state index contributed by atoms with van der Waals surface area (Å²) >= 11 is 0. The molecule has 7 heteroatoms. The van der Waals surface area contributed by atoms with Gasteiger partial charge in [-0.2, -0.15) is 0 Å². The number of furan rings is 1. The molecule has 5 heterocycles. The minimum Gasteiger partial charge on any atom is -0.472 e. The molecule has 6 rings (SSSR count). The molecule has 3 aromatic heterocycles. The Morgan fingerprint density at radius 2 is 1.97 bits per heavy atom. The molecule has 3 fully saturated rings. The molecule has 1 saturated carbocycles. The summed E-state index contributed by atoms with van der Waals surface area (Å²) in [6, 6.07) is 8.27. The number of pyridine rings is 1. The number of anilines is 1. The van der Waals surface area contributed by atoms with E-state index < -0.39 is 0 Å². The monoisotopic (exact) mass is 419 g/mol. The molecule has 0 bridgehead atoms. The van der Waals surface area contributed by atoms with Gasteiger partial charge in [-0.3, -0.25) is 14.1 Å². The lowest BCUT2D eigenvalue weighted by Crippen LogP contribution is -2.51. The van der Waals surface area contributed by atoms with Crippen LogP contribution in [0.3, 0.4) is 0 Å². The summed E-state index contributed by atoms with van der Waals surface area (Å²) in [6.45, 7) is 5.62. The van der Waals surface area contributed by atoms with Crippen LogP contribution in [-0.4, -0.2) is 64.4 Å². The van der Waals surface area contributed by atoms with Gasteiger partial charge in [0.2, 0.25) is 0 Å². The lowest BCUT2D eigenvalue weighted by Gasteiger charge is -2.40. The van der Waals surface area contributed by atoms with E-state index in [1.807, 2.05) is 4.90 Å². The molecule has 3 aliphatic rings. The number of rotatable bonds is 5. The largest absolute Gasteiger partial charge is 0.472 e. The number of piperazine rings is 1. The van der Waals surface area contributed by atoms with Crippen molar-refractivity contribution in [3.63, 3.8) is 0 Å². The third kappa shape index (κ3) is 3.61. The molecule has 7 nitrogen and oxygen atoms in total. The van der Waals surface area contributed by atoms with Crippen LogP contribution in [0.2, 0.25) is 0 Å². The van der Waals surface area contributed by atoms with Gasteiger partial charge in [0.05, 0.1) is 23.6 Å². The van der Waals surface area contributed by atoms with Gasteiger partial charge in [0.1, 0.15) is 17.7 Å². The fraction of sp³-hybridized carbons (Fsp3) is 0.500. The highest BCUT2D eigenvalue weighted by atomic mass is 16.3. The summed E-state index contributed by atoms with van der Waals surface area (Å²) in [7, 11) is 0. The van der Waals surface area contributed by atoms with E-state index >= 15 is 0 Å². The SMILES string of the molecule is O=C(c1ccoc1)N1CCN(CC2CC2)C(c2cn3c(N4CCCC4)cccc3n2)C1. The van der Waals surface area contributed by atoms with Crippen LogP contribution in [-0.2, 0) is 0 Å². The average molecular weight is 420 g/mol. The quantitative estimate of drug-likeness (QED) is 0.634. The zero-order valence-electron chi connectivity index (χ0n) is 17.8. The maximum absolute atomic E-state index is 13.0. The first kappa shape index (κ1) is 18.9. The first-order chi connectivity index (χ1) is 15.3. The summed E-state index contributed by atoms with van der Waals surface area (Å²) in [5.41, 5.74) is 2.68. The van der Waals surface area contributed by atoms with Crippen molar-refractivity contribution in [2.75, 3.05) is 44.2 Å². The molecule has 0 N–H and O–H groups in total. The highest BCUT2D eigenvalue weighted by molar-refractivity contribution is 5.93. The molecular formula is C24H29N5O2. The lowest BCUT2D eigenvalue weighted by molar-refractivity contribution is 0.0458. The van der Waals surface area contributed by atoms with Crippen LogP contribution < -0.4 is 4.90 Å². The maximum Gasteiger partial charge on any atom is 0.257 e. The normalized spacial score (nSPS) is 22.5. The van der Waals surface area contributed by atoms with E-state index in [-0.39, 0.29) is 11.9 Å². The zero-order valence-corrected chi connectivity index (χ0v) is 17.8. The molecule has 1 aliphatic carbocycles. The first-order valence-electron chi connectivity index (χ1n) is 11.5. The number of aromatic nitrogens is 2. The minimum absolute atomic E-state index is 0.0475. The molecule has 0 radical (unpaired) electrons. The van der Waals surface area contributed by atoms with Gasteiger partial charge in [0.25, 0.3) is 5.91 Å². The minimum atomic E-state index is 0.0475. The van der Waals surface area contributed by atoms with Gasteiger partial charge < -0.3 is 14.2 Å². The number of hydrogen-bond acceptors (Lipinski definition) is 5. The van der Waals surface area contributed by atoms with E-state index in [9.17, 15) is 4.79 Å². The second-order valence-corrected chi connectivity index (χ2v) is 9.19. The predicted molar refractivity (Wildman–Crippen MR) is 118 cm³/mol. The van der Waals surface area contributed by atoms with Crippen LogP contribution >= 0.6 is 0 Å². The highest BCUT2D eigenvalue weighted by Gasteiger charge is 2.36. The second-order valence-electron chi connectivity index (χ2n) is 9.19. The number of amides is 1. The summed E-state index contributed by atoms with van der Waals surface area (Å²) in [5.74, 6) is 2.08. The fourth-order valence-corrected chi connectivity index (χ4v) is 5.08. The van der Waals surface area contributed by atoms with Gasteiger partial charge in [-0.1, -0.05) is 6.07 Å². The molecule has 0 aromatic carbocycles. The number of carbonyl (C=O) groups is 1. The van der Waals surface area contributed by atoms with Crippen molar-refractivity contribution in [1.29, 1.82) is 0 Å². The van der Waals surface area contributed by atoms with Crippen molar-refractivity contribution in [2.24, 2.45) is 5.92 Å². The smallest absolute Gasteiger partial charge is 0.257 e. The Morgan fingerprint density at radius 1 is 1.10 bits per heavy atom. The number of hydrogen-bond donors (Lipinski definition) is 0. The zero-order chi connectivity index (χ0) is 20.8. The van der Waals surface area contributed by atoms with E-state index in [0.717, 1.165) is 50.0 Å². The second kappa shape index (κ2) is 7.71. The van der Waals surface area contributed by atoms with E-state index in [1.165, 1.54) is 31.5 Å². The molecule has 2 aliphatic heterocycles. The number of carbonyl (C=O) groups excluding carboxylic acids is 1. The fourth-order valence-electron chi connectivity index (χ4n) is 5.08. The van der Waals surface area contributed by atoms with Gasteiger partial charge in [0.15, 0.2) is 0 Å². The molecule has 162 valence electrons. The molecule has 1 atom stereocenters. The van der Waals surface area contributed by atoms with Gasteiger partial charge in [-0.05, 0) is 49.8 Å². The van der Waals surface area contributed by atoms with Gasteiger partial charge in [0, 0.05) is 45.5 Å².